The van der Waals surface area contributed by atoms with Crippen LogP contribution in [0.25, 0.3) is 10.9 Å². The fourth-order valence-corrected chi connectivity index (χ4v) is 2.78. The van der Waals surface area contributed by atoms with E-state index in [2.05, 4.69) is 28.5 Å². The molecule has 0 atom stereocenters. The van der Waals surface area contributed by atoms with Crippen molar-refractivity contribution in [3.05, 3.63) is 65.9 Å². The molecule has 4 heteroatoms. The molecule has 3 rings (SSSR count). The SMILES string of the molecule is CC(C)(C)C(=O)NCCc1c[nH]c2cc(OCc3ccccc3)ccc12. The Kier molecular flexibility index (Phi) is 5.31. The average molecular weight is 350 g/mol. The van der Waals surface area contributed by atoms with Gasteiger partial charge < -0.3 is 15.0 Å². The van der Waals surface area contributed by atoms with Crippen molar-refractivity contribution in [2.75, 3.05) is 6.54 Å². The average Bonchev–Trinajstić information content (AvgIpc) is 3.02. The number of carbonyl (C=O) groups excluding carboxylic acids is 1. The predicted molar refractivity (Wildman–Crippen MR) is 105 cm³/mol. The number of hydrogen-bond acceptors (Lipinski definition) is 2. The van der Waals surface area contributed by atoms with E-state index in [1.54, 1.807) is 0 Å². The highest BCUT2D eigenvalue weighted by Gasteiger charge is 2.20. The molecular weight excluding hydrogens is 324 g/mol. The Hall–Kier alpha value is -2.75. The number of rotatable bonds is 6. The standard InChI is InChI=1S/C22H26N2O2/c1-22(2,3)21(25)23-12-11-17-14-24-20-13-18(9-10-19(17)20)26-15-16-7-5-4-6-8-16/h4-10,13-14,24H,11-12,15H2,1-3H3,(H,23,25). The van der Waals surface area contributed by atoms with Gasteiger partial charge in [0.2, 0.25) is 5.91 Å². The van der Waals surface area contributed by atoms with Crippen molar-refractivity contribution in [1.29, 1.82) is 0 Å². The van der Waals surface area contributed by atoms with Gasteiger partial charge in [0.1, 0.15) is 12.4 Å². The first-order valence-electron chi connectivity index (χ1n) is 8.98. The van der Waals surface area contributed by atoms with Gasteiger partial charge in [0, 0.05) is 35.1 Å². The number of carbonyl (C=O) groups is 1. The first-order valence-corrected chi connectivity index (χ1v) is 8.98. The Morgan fingerprint density at radius 2 is 1.88 bits per heavy atom. The van der Waals surface area contributed by atoms with Crippen LogP contribution in [0.3, 0.4) is 0 Å². The Balaban J connectivity index is 1.61. The lowest BCUT2D eigenvalue weighted by atomic mass is 9.95. The number of nitrogens with one attached hydrogen (secondary N) is 2. The van der Waals surface area contributed by atoms with Crippen molar-refractivity contribution in [3.8, 4) is 5.75 Å². The number of aromatic nitrogens is 1. The second-order valence-electron chi connectivity index (χ2n) is 7.55. The second kappa shape index (κ2) is 7.65. The van der Waals surface area contributed by atoms with E-state index in [1.807, 2.05) is 57.3 Å². The van der Waals surface area contributed by atoms with Gasteiger partial charge in [-0.2, -0.15) is 0 Å². The maximum atomic E-state index is 12.0. The summed E-state index contributed by atoms with van der Waals surface area (Å²) in [5.74, 6) is 0.921. The number of amides is 1. The van der Waals surface area contributed by atoms with E-state index in [9.17, 15) is 4.79 Å². The fraction of sp³-hybridized carbons (Fsp3) is 0.318. The van der Waals surface area contributed by atoms with E-state index >= 15 is 0 Å². The molecule has 2 aromatic carbocycles. The molecule has 3 aromatic rings. The lowest BCUT2D eigenvalue weighted by Gasteiger charge is -2.17. The molecule has 0 saturated heterocycles. The van der Waals surface area contributed by atoms with Crippen molar-refractivity contribution >= 4 is 16.8 Å². The fourth-order valence-electron chi connectivity index (χ4n) is 2.78. The summed E-state index contributed by atoms with van der Waals surface area (Å²) in [4.78, 5) is 15.3. The molecule has 0 unspecified atom stereocenters. The van der Waals surface area contributed by atoms with Gasteiger partial charge >= 0.3 is 0 Å². The normalized spacial score (nSPS) is 11.5. The highest BCUT2D eigenvalue weighted by molar-refractivity contribution is 5.85. The molecule has 0 aliphatic rings. The topological polar surface area (TPSA) is 54.1 Å². The Bertz CT molecular complexity index is 876. The van der Waals surface area contributed by atoms with Crippen LogP contribution >= 0.6 is 0 Å². The molecule has 1 aromatic heterocycles. The van der Waals surface area contributed by atoms with Gasteiger partial charge in [-0.05, 0) is 29.7 Å². The zero-order valence-electron chi connectivity index (χ0n) is 15.6. The predicted octanol–water partition coefficient (Wildman–Crippen LogP) is 4.45. The monoisotopic (exact) mass is 350 g/mol. The number of benzene rings is 2. The van der Waals surface area contributed by atoms with E-state index in [-0.39, 0.29) is 11.3 Å². The van der Waals surface area contributed by atoms with Crippen LogP contribution in [-0.2, 0) is 17.8 Å². The van der Waals surface area contributed by atoms with Crippen molar-refractivity contribution < 1.29 is 9.53 Å². The van der Waals surface area contributed by atoms with Gasteiger partial charge in [-0.1, -0.05) is 51.1 Å². The first kappa shape index (κ1) is 18.1. The zero-order valence-corrected chi connectivity index (χ0v) is 15.6. The number of fused-ring (bicyclic) bond motifs is 1. The molecule has 136 valence electrons. The maximum absolute atomic E-state index is 12.0. The number of ether oxygens (including phenoxy) is 1. The van der Waals surface area contributed by atoms with Crippen LogP contribution in [0.4, 0.5) is 0 Å². The minimum absolute atomic E-state index is 0.0777. The molecule has 0 fully saturated rings. The summed E-state index contributed by atoms with van der Waals surface area (Å²) >= 11 is 0. The molecule has 0 spiro atoms. The summed E-state index contributed by atoms with van der Waals surface area (Å²) in [5.41, 5.74) is 3.04. The van der Waals surface area contributed by atoms with Gasteiger partial charge in [-0.15, -0.1) is 0 Å². The van der Waals surface area contributed by atoms with Crippen molar-refractivity contribution in [1.82, 2.24) is 10.3 Å². The molecule has 26 heavy (non-hydrogen) atoms. The Morgan fingerprint density at radius 3 is 2.62 bits per heavy atom. The van der Waals surface area contributed by atoms with Gasteiger partial charge in [0.05, 0.1) is 0 Å². The maximum Gasteiger partial charge on any atom is 0.225 e. The molecule has 2 N–H and O–H groups in total. The summed E-state index contributed by atoms with van der Waals surface area (Å²) in [6.45, 7) is 6.95. The van der Waals surface area contributed by atoms with Crippen molar-refractivity contribution in [2.45, 2.75) is 33.8 Å². The highest BCUT2D eigenvalue weighted by Crippen LogP contribution is 2.24. The van der Waals surface area contributed by atoms with E-state index in [0.717, 1.165) is 23.3 Å². The quantitative estimate of drug-likeness (QED) is 0.690. The third-order valence-corrected chi connectivity index (χ3v) is 4.35. The molecule has 1 amide bonds. The molecule has 0 bridgehead atoms. The van der Waals surface area contributed by atoms with Crippen molar-refractivity contribution in [3.63, 3.8) is 0 Å². The van der Waals surface area contributed by atoms with Gasteiger partial charge in [0.25, 0.3) is 0 Å². The van der Waals surface area contributed by atoms with Gasteiger partial charge in [-0.3, -0.25) is 4.79 Å². The molecule has 0 saturated carbocycles. The van der Waals surface area contributed by atoms with Crippen LogP contribution in [0.15, 0.2) is 54.7 Å². The largest absolute Gasteiger partial charge is 0.489 e. The number of H-pyrrole nitrogens is 1. The van der Waals surface area contributed by atoms with E-state index in [1.165, 1.54) is 10.9 Å². The summed E-state index contributed by atoms with van der Waals surface area (Å²) in [5, 5.41) is 4.17. The third-order valence-electron chi connectivity index (χ3n) is 4.35. The van der Waals surface area contributed by atoms with Crippen LogP contribution in [0.5, 0.6) is 5.75 Å². The highest BCUT2D eigenvalue weighted by atomic mass is 16.5. The Labute approximate surface area is 154 Å². The molecule has 1 heterocycles. The Morgan fingerprint density at radius 1 is 1.12 bits per heavy atom. The lowest BCUT2D eigenvalue weighted by Crippen LogP contribution is -2.35. The zero-order chi connectivity index (χ0) is 18.6. The van der Waals surface area contributed by atoms with E-state index in [4.69, 9.17) is 4.74 Å². The van der Waals surface area contributed by atoms with Crippen molar-refractivity contribution in [2.24, 2.45) is 5.41 Å². The summed E-state index contributed by atoms with van der Waals surface area (Å²) in [6.07, 6.45) is 2.81. The molecule has 4 nitrogen and oxygen atoms in total. The minimum Gasteiger partial charge on any atom is -0.489 e. The summed E-state index contributed by atoms with van der Waals surface area (Å²) in [7, 11) is 0. The van der Waals surface area contributed by atoms with Crippen LogP contribution in [-0.4, -0.2) is 17.4 Å². The summed E-state index contributed by atoms with van der Waals surface area (Å²) < 4.78 is 5.88. The summed E-state index contributed by atoms with van der Waals surface area (Å²) in [6, 6.07) is 16.2. The van der Waals surface area contributed by atoms with Crippen LogP contribution in [0.1, 0.15) is 31.9 Å². The lowest BCUT2D eigenvalue weighted by molar-refractivity contribution is -0.128. The van der Waals surface area contributed by atoms with Gasteiger partial charge in [-0.25, -0.2) is 0 Å². The third kappa shape index (κ3) is 4.45. The van der Waals surface area contributed by atoms with Crippen LogP contribution < -0.4 is 10.1 Å². The first-order chi connectivity index (χ1) is 12.4. The van der Waals surface area contributed by atoms with Crippen LogP contribution in [0, 0.1) is 5.41 Å². The minimum atomic E-state index is -0.356. The van der Waals surface area contributed by atoms with Crippen LogP contribution in [0.2, 0.25) is 0 Å². The molecule has 0 aliphatic carbocycles. The van der Waals surface area contributed by atoms with E-state index in [0.29, 0.717) is 13.2 Å². The molecule has 0 aliphatic heterocycles. The smallest absolute Gasteiger partial charge is 0.225 e. The van der Waals surface area contributed by atoms with Gasteiger partial charge in [0.15, 0.2) is 0 Å². The molecular formula is C22H26N2O2. The number of aromatic amines is 1. The number of hydrogen-bond donors (Lipinski definition) is 2. The molecule has 0 radical (unpaired) electrons. The second-order valence-corrected chi connectivity index (χ2v) is 7.55. The van der Waals surface area contributed by atoms with E-state index < -0.39 is 0 Å².